The average molecular weight is 328 g/mol. The van der Waals surface area contributed by atoms with Crippen LogP contribution in [0.25, 0.3) is 0 Å². The highest BCUT2D eigenvalue weighted by Crippen LogP contribution is 2.27. The summed E-state index contributed by atoms with van der Waals surface area (Å²) in [4.78, 5) is 22.4. The van der Waals surface area contributed by atoms with E-state index in [0.717, 1.165) is 24.8 Å². The molecule has 0 aliphatic heterocycles. The standard InChI is InChI=1S/C15H21N3O3.ClH/c1-10(11-4-2-6-13(8-11)18(20)21)17-15(19)9-12-5-3-7-14(12)16;/h2,4,6,8,10,12,14H,3,5,7,9,16H2,1H3,(H,17,19);1H/t10?,12-,14+;/m0./s1. The summed E-state index contributed by atoms with van der Waals surface area (Å²) in [6.07, 6.45) is 3.50. The Morgan fingerprint density at radius 3 is 2.82 bits per heavy atom. The first-order valence-electron chi connectivity index (χ1n) is 7.26. The first-order valence-corrected chi connectivity index (χ1v) is 7.26. The number of non-ortho nitro benzene ring substituents is 1. The predicted molar refractivity (Wildman–Crippen MR) is 86.8 cm³/mol. The number of hydrogen-bond donors (Lipinski definition) is 2. The monoisotopic (exact) mass is 327 g/mol. The van der Waals surface area contributed by atoms with Gasteiger partial charge in [-0.25, -0.2) is 0 Å². The van der Waals surface area contributed by atoms with E-state index >= 15 is 0 Å². The molecule has 1 aromatic rings. The van der Waals surface area contributed by atoms with Gasteiger partial charge in [0.25, 0.3) is 5.69 Å². The number of nitrogens with one attached hydrogen (secondary N) is 1. The van der Waals surface area contributed by atoms with Crippen molar-refractivity contribution in [1.82, 2.24) is 5.32 Å². The van der Waals surface area contributed by atoms with Crippen molar-refractivity contribution < 1.29 is 9.72 Å². The molecule has 1 aliphatic carbocycles. The molecular formula is C15H22ClN3O3. The Morgan fingerprint density at radius 2 is 2.23 bits per heavy atom. The molecule has 0 radical (unpaired) electrons. The van der Waals surface area contributed by atoms with Crippen molar-refractivity contribution in [2.24, 2.45) is 11.7 Å². The van der Waals surface area contributed by atoms with Gasteiger partial charge in [0.05, 0.1) is 11.0 Å². The van der Waals surface area contributed by atoms with E-state index in [-0.39, 0.29) is 42.0 Å². The maximum atomic E-state index is 12.0. The molecule has 1 amide bonds. The molecule has 7 heteroatoms. The highest BCUT2D eigenvalue weighted by molar-refractivity contribution is 5.85. The van der Waals surface area contributed by atoms with Crippen LogP contribution in [0.15, 0.2) is 24.3 Å². The van der Waals surface area contributed by atoms with Gasteiger partial charge < -0.3 is 11.1 Å². The number of halogens is 1. The van der Waals surface area contributed by atoms with E-state index in [1.54, 1.807) is 12.1 Å². The Labute approximate surface area is 136 Å². The molecule has 1 fully saturated rings. The first kappa shape index (κ1) is 18.4. The second-order valence-corrected chi connectivity index (χ2v) is 5.70. The van der Waals surface area contributed by atoms with Crippen LogP contribution in [0, 0.1) is 16.0 Å². The van der Waals surface area contributed by atoms with Crippen LogP contribution in [0.5, 0.6) is 0 Å². The minimum absolute atomic E-state index is 0. The third kappa shape index (κ3) is 4.68. The number of nitro groups is 1. The van der Waals surface area contributed by atoms with E-state index in [9.17, 15) is 14.9 Å². The number of hydrogen-bond acceptors (Lipinski definition) is 4. The van der Waals surface area contributed by atoms with Crippen LogP contribution >= 0.6 is 12.4 Å². The molecule has 1 aliphatic rings. The zero-order chi connectivity index (χ0) is 15.4. The number of carbonyl (C=O) groups excluding carboxylic acids is 1. The van der Waals surface area contributed by atoms with E-state index in [1.165, 1.54) is 12.1 Å². The summed E-state index contributed by atoms with van der Waals surface area (Å²) in [5, 5.41) is 13.7. The minimum Gasteiger partial charge on any atom is -0.350 e. The van der Waals surface area contributed by atoms with Crippen molar-refractivity contribution in [3.63, 3.8) is 0 Å². The molecule has 1 saturated carbocycles. The van der Waals surface area contributed by atoms with Gasteiger partial charge >= 0.3 is 0 Å². The Morgan fingerprint density at radius 1 is 1.50 bits per heavy atom. The maximum absolute atomic E-state index is 12.0. The maximum Gasteiger partial charge on any atom is 0.269 e. The quantitative estimate of drug-likeness (QED) is 0.641. The summed E-state index contributed by atoms with van der Waals surface area (Å²) in [7, 11) is 0. The van der Waals surface area contributed by atoms with Crippen molar-refractivity contribution in [2.75, 3.05) is 0 Å². The van der Waals surface area contributed by atoms with Gasteiger partial charge in [-0.15, -0.1) is 12.4 Å². The van der Waals surface area contributed by atoms with Crippen LogP contribution in [0.3, 0.4) is 0 Å². The summed E-state index contributed by atoms with van der Waals surface area (Å²) in [5.74, 6) is 0.207. The Bertz CT molecular complexity index is 539. The van der Waals surface area contributed by atoms with E-state index in [0.29, 0.717) is 6.42 Å². The normalized spacial score (nSPS) is 21.7. The largest absolute Gasteiger partial charge is 0.350 e. The fraction of sp³-hybridized carbons (Fsp3) is 0.533. The Kier molecular flexibility index (Phi) is 6.77. The second kappa shape index (κ2) is 8.10. The van der Waals surface area contributed by atoms with Crippen LogP contribution in [0.1, 0.15) is 44.2 Å². The van der Waals surface area contributed by atoms with E-state index in [1.807, 2.05) is 6.92 Å². The zero-order valence-electron chi connectivity index (χ0n) is 12.5. The summed E-state index contributed by atoms with van der Waals surface area (Å²) in [5.41, 5.74) is 6.73. The second-order valence-electron chi connectivity index (χ2n) is 5.70. The van der Waals surface area contributed by atoms with Crippen LogP contribution in [0.4, 0.5) is 5.69 Å². The van der Waals surface area contributed by atoms with E-state index in [2.05, 4.69) is 5.32 Å². The lowest BCUT2D eigenvalue weighted by Crippen LogP contribution is -2.32. The zero-order valence-corrected chi connectivity index (χ0v) is 13.3. The fourth-order valence-corrected chi connectivity index (χ4v) is 2.85. The van der Waals surface area contributed by atoms with Crippen LogP contribution in [0.2, 0.25) is 0 Å². The van der Waals surface area contributed by atoms with Crippen molar-refractivity contribution in [3.05, 3.63) is 39.9 Å². The number of rotatable bonds is 5. The molecular weight excluding hydrogens is 306 g/mol. The lowest BCUT2D eigenvalue weighted by Gasteiger charge is -2.18. The fourth-order valence-electron chi connectivity index (χ4n) is 2.85. The average Bonchev–Trinajstić information content (AvgIpc) is 2.84. The molecule has 1 aromatic carbocycles. The van der Waals surface area contributed by atoms with Gasteiger partial charge in [0.15, 0.2) is 0 Å². The molecule has 0 spiro atoms. The number of nitrogens with two attached hydrogens (primary N) is 1. The SMILES string of the molecule is CC(NC(=O)C[C@@H]1CCC[C@H]1N)c1cccc([N+](=O)[O-])c1.Cl. The molecule has 6 nitrogen and oxygen atoms in total. The predicted octanol–water partition coefficient (Wildman–Crippen LogP) is 2.71. The minimum atomic E-state index is -0.435. The molecule has 22 heavy (non-hydrogen) atoms. The van der Waals surface area contributed by atoms with Gasteiger partial charge in [-0.2, -0.15) is 0 Å². The highest BCUT2D eigenvalue weighted by atomic mass is 35.5. The summed E-state index contributed by atoms with van der Waals surface area (Å²) >= 11 is 0. The van der Waals surface area contributed by atoms with Gasteiger partial charge in [-0.1, -0.05) is 18.6 Å². The number of nitrogens with zero attached hydrogens (tertiary/aromatic N) is 1. The number of nitro benzene ring substituents is 1. The molecule has 0 heterocycles. The molecule has 0 aromatic heterocycles. The van der Waals surface area contributed by atoms with Gasteiger partial charge in [0, 0.05) is 24.6 Å². The molecule has 1 unspecified atom stereocenters. The Balaban J connectivity index is 0.00000242. The van der Waals surface area contributed by atoms with Gasteiger partial charge in [-0.05, 0) is 31.2 Å². The topological polar surface area (TPSA) is 98.3 Å². The van der Waals surface area contributed by atoms with Crippen molar-refractivity contribution in [3.8, 4) is 0 Å². The van der Waals surface area contributed by atoms with Crippen LogP contribution < -0.4 is 11.1 Å². The number of benzene rings is 1. The van der Waals surface area contributed by atoms with Crippen LogP contribution in [-0.2, 0) is 4.79 Å². The highest BCUT2D eigenvalue weighted by Gasteiger charge is 2.26. The van der Waals surface area contributed by atoms with Gasteiger partial charge in [0.1, 0.15) is 0 Å². The molecule has 0 saturated heterocycles. The van der Waals surface area contributed by atoms with Crippen molar-refractivity contribution in [2.45, 2.75) is 44.7 Å². The molecule has 3 N–H and O–H groups in total. The molecule has 2 rings (SSSR count). The van der Waals surface area contributed by atoms with Crippen molar-refractivity contribution in [1.29, 1.82) is 0 Å². The van der Waals surface area contributed by atoms with Gasteiger partial charge in [0.2, 0.25) is 5.91 Å². The first-order chi connectivity index (χ1) is 9.97. The Hall–Kier alpha value is -1.66. The molecule has 122 valence electrons. The van der Waals surface area contributed by atoms with Crippen molar-refractivity contribution >= 4 is 24.0 Å². The summed E-state index contributed by atoms with van der Waals surface area (Å²) in [6.45, 7) is 1.82. The molecule has 0 bridgehead atoms. The summed E-state index contributed by atoms with van der Waals surface area (Å²) in [6, 6.07) is 6.20. The van der Waals surface area contributed by atoms with E-state index < -0.39 is 4.92 Å². The van der Waals surface area contributed by atoms with Crippen LogP contribution in [-0.4, -0.2) is 16.9 Å². The number of carbonyl (C=O) groups is 1. The smallest absolute Gasteiger partial charge is 0.269 e. The van der Waals surface area contributed by atoms with Gasteiger partial charge in [-0.3, -0.25) is 14.9 Å². The third-order valence-electron chi connectivity index (χ3n) is 4.12. The number of amides is 1. The summed E-state index contributed by atoms with van der Waals surface area (Å²) < 4.78 is 0. The van der Waals surface area contributed by atoms with E-state index in [4.69, 9.17) is 5.73 Å². The lowest BCUT2D eigenvalue weighted by atomic mass is 9.99. The third-order valence-corrected chi connectivity index (χ3v) is 4.12. The lowest BCUT2D eigenvalue weighted by molar-refractivity contribution is -0.384. The molecule has 3 atom stereocenters.